The van der Waals surface area contributed by atoms with E-state index in [-0.39, 0.29) is 57.3 Å². The Morgan fingerprint density at radius 3 is 2.00 bits per heavy atom. The second-order valence-electron chi connectivity index (χ2n) is 2.88. The van der Waals surface area contributed by atoms with Crippen molar-refractivity contribution in [3.63, 3.8) is 0 Å². The molecular formula is C9H6F3K. The zero-order valence-corrected chi connectivity index (χ0v) is 10.3. The van der Waals surface area contributed by atoms with Crippen LogP contribution >= 0.6 is 0 Å². The van der Waals surface area contributed by atoms with Crippen molar-refractivity contribution in [1.29, 1.82) is 0 Å². The minimum Gasteiger partial charge on any atom is -0.325 e. The SMILES string of the molecule is Fc1cc(C2[CH-]C2)cc(F)c1F.[K+]. The third kappa shape index (κ3) is 2.56. The number of hydrogen-bond acceptors (Lipinski definition) is 0. The molecule has 1 aromatic carbocycles. The molecule has 0 heterocycles. The predicted octanol–water partition coefficient (Wildman–Crippen LogP) is -0.201. The van der Waals surface area contributed by atoms with Crippen LogP contribution in [0.15, 0.2) is 12.1 Å². The van der Waals surface area contributed by atoms with Crippen LogP contribution in [0.1, 0.15) is 17.9 Å². The Hall–Kier alpha value is 0.646. The van der Waals surface area contributed by atoms with Gasteiger partial charge in [0.2, 0.25) is 0 Å². The minimum absolute atomic E-state index is 0. The molecule has 0 N–H and O–H groups in total. The van der Waals surface area contributed by atoms with Gasteiger partial charge >= 0.3 is 51.4 Å². The summed E-state index contributed by atoms with van der Waals surface area (Å²) in [5, 5.41) is 0. The van der Waals surface area contributed by atoms with Gasteiger partial charge in [-0.15, -0.1) is 0 Å². The van der Waals surface area contributed by atoms with E-state index in [9.17, 15) is 13.2 Å². The van der Waals surface area contributed by atoms with Gasteiger partial charge in [-0.25, -0.2) is 13.2 Å². The van der Waals surface area contributed by atoms with E-state index in [1.807, 2.05) is 6.42 Å². The average molecular weight is 210 g/mol. The second kappa shape index (κ2) is 4.44. The van der Waals surface area contributed by atoms with Crippen molar-refractivity contribution in [2.45, 2.75) is 12.3 Å². The molecule has 1 aromatic rings. The number of rotatable bonds is 1. The van der Waals surface area contributed by atoms with Crippen molar-refractivity contribution in [2.75, 3.05) is 0 Å². The van der Waals surface area contributed by atoms with Crippen molar-refractivity contribution < 1.29 is 64.6 Å². The Morgan fingerprint density at radius 2 is 1.62 bits per heavy atom. The smallest absolute Gasteiger partial charge is 0.325 e. The predicted molar refractivity (Wildman–Crippen MR) is 38.0 cm³/mol. The molecule has 1 atom stereocenters. The number of benzene rings is 1. The van der Waals surface area contributed by atoms with Gasteiger partial charge in [0.25, 0.3) is 0 Å². The fraction of sp³-hybridized carbons (Fsp3) is 0.222. The number of hydrogen-bond donors (Lipinski definition) is 0. The molecule has 0 aromatic heterocycles. The fourth-order valence-corrected chi connectivity index (χ4v) is 1.13. The molecule has 13 heavy (non-hydrogen) atoms. The van der Waals surface area contributed by atoms with Crippen LogP contribution in [0.25, 0.3) is 0 Å². The minimum atomic E-state index is -1.39. The van der Waals surface area contributed by atoms with Crippen molar-refractivity contribution in [3.05, 3.63) is 41.6 Å². The van der Waals surface area contributed by atoms with Gasteiger partial charge in [-0.05, 0) is 12.1 Å². The maximum atomic E-state index is 12.6. The van der Waals surface area contributed by atoms with Crippen LogP contribution in [0.4, 0.5) is 13.2 Å². The molecular weight excluding hydrogens is 204 g/mol. The molecule has 1 aliphatic rings. The van der Waals surface area contributed by atoms with Crippen LogP contribution in [-0.2, 0) is 0 Å². The summed E-state index contributed by atoms with van der Waals surface area (Å²) >= 11 is 0. The molecule has 0 aliphatic heterocycles. The maximum absolute atomic E-state index is 12.6. The summed E-state index contributed by atoms with van der Waals surface area (Å²) in [7, 11) is 0. The van der Waals surface area contributed by atoms with Gasteiger partial charge in [0.15, 0.2) is 17.5 Å². The third-order valence-electron chi connectivity index (χ3n) is 1.91. The van der Waals surface area contributed by atoms with E-state index in [1.165, 1.54) is 0 Å². The summed E-state index contributed by atoms with van der Waals surface area (Å²) < 4.78 is 37.6. The maximum Gasteiger partial charge on any atom is 1.00 e. The Labute approximate surface area is 117 Å². The van der Waals surface area contributed by atoms with E-state index in [0.717, 1.165) is 18.6 Å². The molecule has 0 spiro atoms. The van der Waals surface area contributed by atoms with E-state index in [2.05, 4.69) is 0 Å². The quantitative estimate of drug-likeness (QED) is 0.342. The zero-order chi connectivity index (χ0) is 8.72. The molecule has 0 saturated heterocycles. The van der Waals surface area contributed by atoms with Crippen LogP contribution in [-0.4, -0.2) is 0 Å². The molecule has 0 nitrogen and oxygen atoms in total. The zero-order valence-electron chi connectivity index (χ0n) is 7.15. The van der Waals surface area contributed by atoms with Crippen LogP contribution in [0.3, 0.4) is 0 Å². The molecule has 0 amide bonds. The topological polar surface area (TPSA) is 0 Å². The van der Waals surface area contributed by atoms with Crippen LogP contribution in [0.2, 0.25) is 0 Å². The first-order chi connectivity index (χ1) is 5.68. The van der Waals surface area contributed by atoms with E-state index in [0.29, 0.717) is 5.56 Å². The first kappa shape index (κ1) is 11.7. The van der Waals surface area contributed by atoms with Crippen LogP contribution in [0, 0.1) is 23.9 Å². The van der Waals surface area contributed by atoms with Crippen LogP contribution in [0.5, 0.6) is 0 Å². The Balaban J connectivity index is 0.000000845. The summed E-state index contributed by atoms with van der Waals surface area (Å²) in [6.07, 6.45) is 2.73. The van der Waals surface area contributed by atoms with E-state index in [1.54, 1.807) is 0 Å². The summed E-state index contributed by atoms with van der Waals surface area (Å²) in [6.45, 7) is 0. The van der Waals surface area contributed by atoms with Crippen LogP contribution < -0.4 is 51.4 Å². The van der Waals surface area contributed by atoms with E-state index < -0.39 is 17.5 Å². The van der Waals surface area contributed by atoms with Crippen molar-refractivity contribution in [1.82, 2.24) is 0 Å². The van der Waals surface area contributed by atoms with Crippen molar-refractivity contribution >= 4 is 0 Å². The molecule has 1 saturated carbocycles. The monoisotopic (exact) mass is 210 g/mol. The van der Waals surface area contributed by atoms with Crippen molar-refractivity contribution in [3.8, 4) is 0 Å². The first-order valence-electron chi connectivity index (χ1n) is 3.66. The largest absolute Gasteiger partial charge is 1.00 e. The Kier molecular flexibility index (Phi) is 4.01. The molecule has 64 valence electrons. The summed E-state index contributed by atoms with van der Waals surface area (Å²) in [5.74, 6) is -3.48. The normalized spacial score (nSPS) is 19.5. The molecule has 4 heteroatoms. The Morgan fingerprint density at radius 1 is 1.15 bits per heavy atom. The van der Waals surface area contributed by atoms with Gasteiger partial charge in [-0.1, -0.05) is 5.56 Å². The Bertz CT molecular complexity index is 298. The van der Waals surface area contributed by atoms with Gasteiger partial charge in [-0.2, -0.15) is 12.3 Å². The molecule has 1 aliphatic carbocycles. The summed E-state index contributed by atoms with van der Waals surface area (Å²) in [6, 6.07) is 2.10. The standard InChI is InChI=1S/C9H6F3.K/c10-7-3-6(5-1-2-5)4-8(11)9(7)12;/h1,3-5H,2H2;/q-1;+1. The van der Waals surface area contributed by atoms with Crippen molar-refractivity contribution in [2.24, 2.45) is 0 Å². The number of halogens is 3. The van der Waals surface area contributed by atoms with Gasteiger partial charge in [-0.3, -0.25) is 0 Å². The summed E-state index contributed by atoms with van der Waals surface area (Å²) in [4.78, 5) is 0. The van der Waals surface area contributed by atoms with Gasteiger partial charge in [0, 0.05) is 0 Å². The molecule has 0 radical (unpaired) electrons. The van der Waals surface area contributed by atoms with Gasteiger partial charge in [0.05, 0.1) is 0 Å². The van der Waals surface area contributed by atoms with E-state index >= 15 is 0 Å². The molecule has 1 fully saturated rings. The van der Waals surface area contributed by atoms with Gasteiger partial charge < -0.3 is 6.42 Å². The molecule has 1 unspecified atom stereocenters. The first-order valence-corrected chi connectivity index (χ1v) is 3.66. The molecule has 0 bridgehead atoms. The second-order valence-corrected chi connectivity index (χ2v) is 2.88. The van der Waals surface area contributed by atoms with E-state index in [4.69, 9.17) is 0 Å². The average Bonchev–Trinajstić information content (AvgIpc) is 2.81. The molecule has 2 rings (SSSR count). The third-order valence-corrected chi connectivity index (χ3v) is 1.91. The summed E-state index contributed by atoms with van der Waals surface area (Å²) in [5.41, 5.74) is 0.520. The van der Waals surface area contributed by atoms with Gasteiger partial charge in [0.1, 0.15) is 0 Å². The fourth-order valence-electron chi connectivity index (χ4n) is 1.13.